The van der Waals surface area contributed by atoms with Crippen LogP contribution in [0.15, 0.2) is 47.5 Å². The summed E-state index contributed by atoms with van der Waals surface area (Å²) in [5, 5.41) is 0.543. The lowest BCUT2D eigenvalue weighted by Gasteiger charge is -2.29. The summed E-state index contributed by atoms with van der Waals surface area (Å²) in [7, 11) is 4.65. The Morgan fingerprint density at radius 1 is 1.08 bits per heavy atom. The molecule has 0 fully saturated rings. The van der Waals surface area contributed by atoms with E-state index >= 15 is 0 Å². The molecule has 0 bridgehead atoms. The molecular formula is C27H27ClN6O4. The number of rotatable bonds is 6. The van der Waals surface area contributed by atoms with Crippen LogP contribution in [0.5, 0.6) is 11.9 Å². The van der Waals surface area contributed by atoms with Gasteiger partial charge in [0.25, 0.3) is 11.5 Å². The molecule has 0 radical (unpaired) electrons. The van der Waals surface area contributed by atoms with Crippen LogP contribution in [-0.2, 0) is 7.05 Å². The number of halogens is 1. The minimum absolute atomic E-state index is 0.0932. The summed E-state index contributed by atoms with van der Waals surface area (Å²) in [5.41, 5.74) is 3.31. The van der Waals surface area contributed by atoms with Crippen molar-refractivity contribution in [1.82, 2.24) is 24.1 Å². The van der Waals surface area contributed by atoms with E-state index in [1.807, 2.05) is 36.6 Å². The molecular weight excluding hydrogens is 508 g/mol. The predicted molar refractivity (Wildman–Crippen MR) is 143 cm³/mol. The average Bonchev–Trinajstić information content (AvgIpc) is 3.41. The van der Waals surface area contributed by atoms with Crippen LogP contribution in [0.25, 0.3) is 11.4 Å². The fourth-order valence-electron chi connectivity index (χ4n) is 4.93. The van der Waals surface area contributed by atoms with Crippen LogP contribution in [0.1, 0.15) is 53.2 Å². The van der Waals surface area contributed by atoms with Gasteiger partial charge in [0.05, 0.1) is 31.2 Å². The first kappa shape index (κ1) is 25.5. The van der Waals surface area contributed by atoms with E-state index in [1.54, 1.807) is 43.4 Å². The zero-order valence-corrected chi connectivity index (χ0v) is 22.6. The molecule has 0 N–H and O–H groups in total. The number of aryl methyl sites for hydroxylation is 2. The fraction of sp³-hybridized carbons (Fsp3) is 0.296. The molecule has 3 aromatic heterocycles. The highest BCUT2D eigenvalue weighted by molar-refractivity contribution is 6.30. The van der Waals surface area contributed by atoms with Crippen molar-refractivity contribution in [3.63, 3.8) is 0 Å². The number of carbonyl (C=O) groups is 1. The second-order valence-corrected chi connectivity index (χ2v) is 9.78. The van der Waals surface area contributed by atoms with Crippen LogP contribution in [-0.4, -0.2) is 44.2 Å². The zero-order valence-electron chi connectivity index (χ0n) is 21.9. The summed E-state index contributed by atoms with van der Waals surface area (Å²) in [6, 6.07) is 8.64. The molecule has 196 valence electrons. The van der Waals surface area contributed by atoms with E-state index in [0.29, 0.717) is 39.0 Å². The van der Waals surface area contributed by atoms with Crippen molar-refractivity contribution < 1.29 is 14.3 Å². The van der Waals surface area contributed by atoms with Gasteiger partial charge in [-0.25, -0.2) is 9.97 Å². The Morgan fingerprint density at radius 2 is 1.84 bits per heavy atom. The standard InChI is InChI=1S/C27H27ClN6O4/c1-14(2)33-22-20(30-23(33)19-12-29-27(38-6)31-24(19)37-5)26(36)34(18-10-15(3)25(35)32(4)13-18)21(22)16-8-7-9-17(28)11-16/h7-14,21H,1-6H3. The highest BCUT2D eigenvalue weighted by atomic mass is 35.5. The fourth-order valence-corrected chi connectivity index (χ4v) is 5.12. The molecule has 1 aromatic carbocycles. The molecule has 0 saturated heterocycles. The molecule has 0 aliphatic carbocycles. The van der Waals surface area contributed by atoms with Crippen molar-refractivity contribution in [2.75, 3.05) is 19.1 Å². The summed E-state index contributed by atoms with van der Waals surface area (Å²) in [6.07, 6.45) is 3.24. The number of fused-ring (bicyclic) bond motifs is 1. The van der Waals surface area contributed by atoms with E-state index < -0.39 is 6.04 Å². The third-order valence-corrected chi connectivity index (χ3v) is 6.78. The maximum atomic E-state index is 14.1. The van der Waals surface area contributed by atoms with Crippen LogP contribution in [0.2, 0.25) is 5.02 Å². The molecule has 1 amide bonds. The van der Waals surface area contributed by atoms with E-state index in [1.165, 1.54) is 18.8 Å². The average molecular weight is 535 g/mol. The number of amides is 1. The van der Waals surface area contributed by atoms with E-state index in [9.17, 15) is 9.59 Å². The van der Waals surface area contributed by atoms with E-state index in [-0.39, 0.29) is 29.4 Å². The molecule has 1 aliphatic heterocycles. The van der Waals surface area contributed by atoms with Gasteiger partial charge in [0, 0.05) is 36.1 Å². The van der Waals surface area contributed by atoms with Gasteiger partial charge >= 0.3 is 6.01 Å². The number of imidazole rings is 1. The predicted octanol–water partition coefficient (Wildman–Crippen LogP) is 4.35. The Kier molecular flexibility index (Phi) is 6.44. The summed E-state index contributed by atoms with van der Waals surface area (Å²) < 4.78 is 14.2. The Morgan fingerprint density at radius 3 is 2.47 bits per heavy atom. The van der Waals surface area contributed by atoms with Gasteiger partial charge < -0.3 is 18.6 Å². The van der Waals surface area contributed by atoms with Gasteiger partial charge in [0.2, 0.25) is 5.88 Å². The van der Waals surface area contributed by atoms with Crippen molar-refractivity contribution >= 4 is 23.2 Å². The van der Waals surface area contributed by atoms with Crippen LogP contribution >= 0.6 is 11.6 Å². The molecule has 1 atom stereocenters. The van der Waals surface area contributed by atoms with Gasteiger partial charge in [-0.05, 0) is 44.5 Å². The van der Waals surface area contributed by atoms with Crippen molar-refractivity contribution in [2.24, 2.45) is 7.05 Å². The number of anilines is 1. The van der Waals surface area contributed by atoms with E-state index in [0.717, 1.165) is 5.56 Å². The van der Waals surface area contributed by atoms with Crippen molar-refractivity contribution in [2.45, 2.75) is 32.9 Å². The first-order valence-electron chi connectivity index (χ1n) is 12.0. The Labute approximate surface area is 224 Å². The minimum Gasteiger partial charge on any atom is -0.480 e. The Balaban J connectivity index is 1.80. The smallest absolute Gasteiger partial charge is 0.319 e. The molecule has 1 aliphatic rings. The molecule has 11 heteroatoms. The summed E-state index contributed by atoms with van der Waals surface area (Å²) in [4.78, 5) is 41.6. The quantitative estimate of drug-likeness (QED) is 0.362. The number of aromatic nitrogens is 5. The number of ether oxygens (including phenoxy) is 2. The number of nitrogens with zero attached hydrogens (tertiary/aromatic N) is 6. The number of hydrogen-bond acceptors (Lipinski definition) is 7. The van der Waals surface area contributed by atoms with Crippen molar-refractivity contribution in [3.8, 4) is 23.3 Å². The third kappa shape index (κ3) is 4.01. The number of methoxy groups -OCH3 is 2. The summed E-state index contributed by atoms with van der Waals surface area (Å²) in [6.45, 7) is 5.76. The maximum absolute atomic E-state index is 14.1. The molecule has 10 nitrogen and oxygen atoms in total. The van der Waals surface area contributed by atoms with Crippen molar-refractivity contribution in [1.29, 1.82) is 0 Å². The lowest BCUT2D eigenvalue weighted by molar-refractivity contribution is 0.0989. The van der Waals surface area contributed by atoms with Gasteiger partial charge in [-0.3, -0.25) is 14.5 Å². The molecule has 5 rings (SSSR count). The van der Waals surface area contributed by atoms with E-state index in [4.69, 9.17) is 26.1 Å². The number of benzene rings is 1. The molecule has 4 aromatic rings. The number of carbonyl (C=O) groups excluding carboxylic acids is 1. The second kappa shape index (κ2) is 9.60. The van der Waals surface area contributed by atoms with Crippen LogP contribution < -0.4 is 19.9 Å². The highest BCUT2D eigenvalue weighted by Crippen LogP contribution is 2.45. The monoisotopic (exact) mass is 534 g/mol. The first-order chi connectivity index (χ1) is 18.2. The number of hydrogen-bond donors (Lipinski definition) is 0. The maximum Gasteiger partial charge on any atom is 0.319 e. The summed E-state index contributed by atoms with van der Waals surface area (Å²) >= 11 is 6.41. The zero-order chi connectivity index (χ0) is 27.3. The van der Waals surface area contributed by atoms with Crippen LogP contribution in [0.4, 0.5) is 5.69 Å². The molecule has 38 heavy (non-hydrogen) atoms. The highest BCUT2D eigenvalue weighted by Gasteiger charge is 2.45. The van der Waals surface area contributed by atoms with Crippen molar-refractivity contribution in [3.05, 3.63) is 80.6 Å². The number of pyridine rings is 1. The van der Waals surface area contributed by atoms with Gasteiger partial charge in [-0.1, -0.05) is 23.7 Å². The SMILES string of the molecule is COc1ncc(-c2nc3c(n2C(C)C)C(c2cccc(Cl)c2)N(c2cc(C)c(=O)n(C)c2)C3=O)c(OC)n1. The third-order valence-electron chi connectivity index (χ3n) is 6.54. The summed E-state index contributed by atoms with van der Waals surface area (Å²) in [5.74, 6) is 0.484. The largest absolute Gasteiger partial charge is 0.480 e. The first-order valence-corrected chi connectivity index (χ1v) is 12.4. The molecule has 4 heterocycles. The Bertz CT molecular complexity index is 1600. The van der Waals surface area contributed by atoms with Crippen LogP contribution in [0, 0.1) is 6.92 Å². The lowest BCUT2D eigenvalue weighted by Crippen LogP contribution is -2.32. The normalized spacial score (nSPS) is 14.8. The van der Waals surface area contributed by atoms with Gasteiger partial charge in [-0.15, -0.1) is 0 Å². The van der Waals surface area contributed by atoms with Crippen LogP contribution in [0.3, 0.4) is 0 Å². The lowest BCUT2D eigenvalue weighted by atomic mass is 10.0. The molecule has 1 unspecified atom stereocenters. The second-order valence-electron chi connectivity index (χ2n) is 9.34. The molecule has 0 saturated carbocycles. The van der Waals surface area contributed by atoms with Gasteiger partial charge in [-0.2, -0.15) is 4.98 Å². The Hall–Kier alpha value is -4.18. The van der Waals surface area contributed by atoms with Gasteiger partial charge in [0.1, 0.15) is 11.9 Å². The molecule has 0 spiro atoms. The van der Waals surface area contributed by atoms with Gasteiger partial charge in [0.15, 0.2) is 5.69 Å². The minimum atomic E-state index is -0.554. The van der Waals surface area contributed by atoms with E-state index in [2.05, 4.69) is 9.97 Å². The topological polar surface area (TPSA) is 104 Å².